The molecule has 2 aromatic rings. The van der Waals surface area contributed by atoms with E-state index in [1.54, 1.807) is 17.6 Å². The van der Waals surface area contributed by atoms with E-state index in [0.717, 1.165) is 10.6 Å². The molecule has 0 unspecified atom stereocenters. The first-order valence-corrected chi connectivity index (χ1v) is 7.74. The second-order valence-electron chi connectivity index (χ2n) is 4.95. The molecule has 0 aliphatic heterocycles. The summed E-state index contributed by atoms with van der Waals surface area (Å²) in [4.78, 5) is 9.75. The van der Waals surface area contributed by atoms with Crippen molar-refractivity contribution in [2.45, 2.75) is 38.3 Å². The summed E-state index contributed by atoms with van der Waals surface area (Å²) in [6.07, 6.45) is 6.56. The van der Waals surface area contributed by atoms with Gasteiger partial charge in [0.1, 0.15) is 12.0 Å². The highest BCUT2D eigenvalue weighted by atomic mass is 127. The van der Waals surface area contributed by atoms with Gasteiger partial charge >= 0.3 is 0 Å². The molecule has 1 aliphatic carbocycles. The van der Waals surface area contributed by atoms with Crippen LogP contribution in [0.1, 0.15) is 31.4 Å². The lowest BCUT2D eigenvalue weighted by Gasteiger charge is -2.11. The van der Waals surface area contributed by atoms with Crippen LogP contribution in [-0.2, 0) is 6.54 Å². The number of hydrogen-bond acceptors (Lipinski definition) is 4. The van der Waals surface area contributed by atoms with Gasteiger partial charge in [-0.2, -0.15) is 0 Å². The minimum Gasteiger partial charge on any atom is -0.443 e. The maximum absolute atomic E-state index is 5.89. The number of thiophene rings is 1. The van der Waals surface area contributed by atoms with Gasteiger partial charge < -0.3 is 15.5 Å². The molecule has 5 nitrogen and oxygen atoms in total. The summed E-state index contributed by atoms with van der Waals surface area (Å²) in [5, 5.41) is 5.26. The van der Waals surface area contributed by atoms with Gasteiger partial charge in [0, 0.05) is 6.04 Å². The molecule has 3 rings (SSSR count). The average Bonchev–Trinajstić information content (AvgIpc) is 3.18. The molecule has 3 N–H and O–H groups in total. The van der Waals surface area contributed by atoms with Crippen LogP contribution < -0.4 is 11.1 Å². The standard InChI is InChI=1S/C14H18N4OS.HI/c15-14(18-10-4-1-2-5-10)16-8-11-9-19-13(17-11)12-6-3-7-20-12;/h3,6-7,9-10H,1-2,4-5,8H2,(H3,15,16,18);1H. The molecule has 0 spiro atoms. The molecular formula is C14H19IN4OS. The molecule has 0 bridgehead atoms. The molecule has 1 saturated carbocycles. The topological polar surface area (TPSA) is 76.4 Å². The first kappa shape index (κ1) is 16.3. The zero-order chi connectivity index (χ0) is 13.8. The van der Waals surface area contributed by atoms with Gasteiger partial charge in [-0.25, -0.2) is 9.98 Å². The third-order valence-electron chi connectivity index (χ3n) is 3.40. The Kier molecular flexibility index (Phi) is 6.04. The van der Waals surface area contributed by atoms with E-state index in [1.807, 2.05) is 17.5 Å². The van der Waals surface area contributed by atoms with Crippen LogP contribution in [0.3, 0.4) is 0 Å². The fourth-order valence-corrected chi connectivity index (χ4v) is 3.04. The Hall–Kier alpha value is -1.09. The monoisotopic (exact) mass is 418 g/mol. The van der Waals surface area contributed by atoms with Crippen molar-refractivity contribution in [1.82, 2.24) is 10.3 Å². The molecule has 7 heteroatoms. The summed E-state index contributed by atoms with van der Waals surface area (Å²) in [5.74, 6) is 1.14. The number of hydrogen-bond donors (Lipinski definition) is 2. The van der Waals surface area contributed by atoms with Crippen LogP contribution in [0.5, 0.6) is 0 Å². The molecule has 2 aromatic heterocycles. The van der Waals surface area contributed by atoms with Gasteiger partial charge in [0.2, 0.25) is 5.89 Å². The Bertz CT molecular complexity index is 576. The molecule has 0 radical (unpaired) electrons. The molecule has 0 aromatic carbocycles. The van der Waals surface area contributed by atoms with Gasteiger partial charge in [-0.3, -0.25) is 0 Å². The van der Waals surface area contributed by atoms with Crippen LogP contribution in [0.25, 0.3) is 10.8 Å². The van der Waals surface area contributed by atoms with Crippen molar-refractivity contribution in [3.8, 4) is 10.8 Å². The second-order valence-corrected chi connectivity index (χ2v) is 5.90. The molecule has 0 saturated heterocycles. The molecule has 2 heterocycles. The van der Waals surface area contributed by atoms with Gasteiger partial charge in [-0.05, 0) is 24.3 Å². The Labute approximate surface area is 145 Å². The SMILES string of the molecule is I.NC(=NCc1coc(-c2cccs2)n1)NC1CCCC1. The van der Waals surface area contributed by atoms with Crippen LogP contribution in [0.4, 0.5) is 0 Å². The van der Waals surface area contributed by atoms with E-state index in [-0.39, 0.29) is 24.0 Å². The van der Waals surface area contributed by atoms with Gasteiger partial charge in [-0.15, -0.1) is 35.3 Å². The average molecular weight is 418 g/mol. The Morgan fingerprint density at radius 2 is 2.29 bits per heavy atom. The van der Waals surface area contributed by atoms with Gasteiger partial charge in [-0.1, -0.05) is 18.9 Å². The van der Waals surface area contributed by atoms with Crippen LogP contribution in [0, 0.1) is 0 Å². The Balaban J connectivity index is 0.00000161. The third kappa shape index (κ3) is 4.44. The number of guanidine groups is 1. The first-order valence-electron chi connectivity index (χ1n) is 6.86. The van der Waals surface area contributed by atoms with Crippen molar-refractivity contribution >= 4 is 41.3 Å². The summed E-state index contributed by atoms with van der Waals surface area (Å²) in [5.41, 5.74) is 6.68. The predicted molar refractivity (Wildman–Crippen MR) is 95.9 cm³/mol. The van der Waals surface area contributed by atoms with E-state index in [0.29, 0.717) is 24.4 Å². The van der Waals surface area contributed by atoms with E-state index >= 15 is 0 Å². The minimum absolute atomic E-state index is 0. The molecule has 1 fully saturated rings. The van der Waals surface area contributed by atoms with Crippen LogP contribution >= 0.6 is 35.3 Å². The fourth-order valence-electron chi connectivity index (χ4n) is 2.38. The normalized spacial score (nSPS) is 15.9. The van der Waals surface area contributed by atoms with Crippen molar-refractivity contribution < 1.29 is 4.42 Å². The highest BCUT2D eigenvalue weighted by molar-refractivity contribution is 14.0. The molecule has 0 atom stereocenters. The summed E-state index contributed by atoms with van der Waals surface area (Å²) in [6.45, 7) is 0.445. The lowest BCUT2D eigenvalue weighted by atomic mass is 10.2. The second kappa shape index (κ2) is 7.79. The lowest BCUT2D eigenvalue weighted by Crippen LogP contribution is -2.38. The zero-order valence-electron chi connectivity index (χ0n) is 11.6. The number of nitrogens with two attached hydrogens (primary N) is 1. The molecule has 21 heavy (non-hydrogen) atoms. The van der Waals surface area contributed by atoms with Crippen molar-refractivity contribution in [3.63, 3.8) is 0 Å². The highest BCUT2D eigenvalue weighted by Gasteiger charge is 2.15. The van der Waals surface area contributed by atoms with Gasteiger partial charge in [0.25, 0.3) is 0 Å². The molecule has 114 valence electrons. The van der Waals surface area contributed by atoms with E-state index in [4.69, 9.17) is 10.2 Å². The number of aliphatic imine (C=N–C) groups is 1. The minimum atomic E-state index is 0. The summed E-state index contributed by atoms with van der Waals surface area (Å²) in [6, 6.07) is 4.45. The van der Waals surface area contributed by atoms with Crippen molar-refractivity contribution in [2.75, 3.05) is 0 Å². The Morgan fingerprint density at radius 1 is 1.48 bits per heavy atom. The van der Waals surface area contributed by atoms with E-state index in [2.05, 4.69) is 15.3 Å². The number of nitrogens with zero attached hydrogens (tertiary/aromatic N) is 2. The maximum atomic E-state index is 5.89. The quantitative estimate of drug-likeness (QED) is 0.454. The highest BCUT2D eigenvalue weighted by Crippen LogP contribution is 2.23. The van der Waals surface area contributed by atoms with Gasteiger partial charge in [0.05, 0.1) is 11.4 Å². The smallest absolute Gasteiger partial charge is 0.236 e. The first-order chi connectivity index (χ1) is 9.81. The Morgan fingerprint density at radius 3 is 3.00 bits per heavy atom. The molecule has 0 amide bonds. The van der Waals surface area contributed by atoms with Crippen molar-refractivity contribution in [1.29, 1.82) is 0 Å². The molecule has 1 aliphatic rings. The van der Waals surface area contributed by atoms with E-state index in [1.165, 1.54) is 25.7 Å². The van der Waals surface area contributed by atoms with Crippen molar-refractivity contribution in [3.05, 3.63) is 29.5 Å². The number of aromatic nitrogens is 1. The lowest BCUT2D eigenvalue weighted by molar-refractivity contribution is 0.574. The number of oxazole rings is 1. The number of halogens is 1. The van der Waals surface area contributed by atoms with E-state index in [9.17, 15) is 0 Å². The van der Waals surface area contributed by atoms with Crippen LogP contribution in [-0.4, -0.2) is 17.0 Å². The largest absolute Gasteiger partial charge is 0.443 e. The third-order valence-corrected chi connectivity index (χ3v) is 4.26. The summed E-state index contributed by atoms with van der Waals surface area (Å²) in [7, 11) is 0. The molecular weight excluding hydrogens is 399 g/mol. The summed E-state index contributed by atoms with van der Waals surface area (Å²) < 4.78 is 5.44. The fraction of sp³-hybridized carbons (Fsp3) is 0.429. The van der Waals surface area contributed by atoms with Crippen LogP contribution in [0.2, 0.25) is 0 Å². The van der Waals surface area contributed by atoms with Crippen molar-refractivity contribution in [2.24, 2.45) is 10.7 Å². The predicted octanol–water partition coefficient (Wildman–Crippen LogP) is 3.37. The zero-order valence-corrected chi connectivity index (χ0v) is 14.8. The van der Waals surface area contributed by atoms with Crippen LogP contribution in [0.15, 0.2) is 33.2 Å². The van der Waals surface area contributed by atoms with Gasteiger partial charge in [0.15, 0.2) is 5.96 Å². The number of rotatable bonds is 4. The number of nitrogens with one attached hydrogen (secondary N) is 1. The van der Waals surface area contributed by atoms with E-state index < -0.39 is 0 Å². The maximum Gasteiger partial charge on any atom is 0.236 e. The summed E-state index contributed by atoms with van der Waals surface area (Å²) >= 11 is 1.61.